The van der Waals surface area contributed by atoms with Crippen LogP contribution in [0, 0.1) is 22.7 Å². The van der Waals surface area contributed by atoms with Crippen molar-refractivity contribution in [2.45, 2.75) is 148 Å². The predicted molar refractivity (Wildman–Crippen MR) is 157 cm³/mol. The molecule has 2 aliphatic rings. The summed E-state index contributed by atoms with van der Waals surface area (Å²) < 4.78 is 146. The molecular formula is C30H52F6O3Si2. The standard InChI is InChI=1S/C30H52F6O3Si2/c1-25(2,38-40(5,6)7)17-12-18-26(3,24-16-15-22-23(37)14-11-20-27(22,24)4)19-13-21-28(29(31,32)33,30(34,35)36)39-41(8,9)10/h13,21-22,24H,11-12,14-20H2,1-10H3/b21-13-/t22-,24+,26+,27-/m0/s1/i1D3,2D3. The maximum Gasteiger partial charge on any atom is 0.429 e. The van der Waals surface area contributed by atoms with Gasteiger partial charge in [-0.3, -0.25) is 4.79 Å². The molecule has 0 radical (unpaired) electrons. The second-order valence-electron chi connectivity index (χ2n) is 14.6. The van der Waals surface area contributed by atoms with E-state index in [1.54, 1.807) is 26.6 Å². The molecule has 0 spiro atoms. The fraction of sp³-hybridized carbons (Fsp3) is 0.900. The third kappa shape index (κ3) is 8.72. The van der Waals surface area contributed by atoms with E-state index in [4.69, 9.17) is 17.1 Å². The Morgan fingerprint density at radius 1 is 0.951 bits per heavy atom. The lowest BCUT2D eigenvalue weighted by Gasteiger charge is -2.48. The summed E-state index contributed by atoms with van der Waals surface area (Å²) in [6, 6.07) is 0. The Morgan fingerprint density at radius 3 is 2.00 bits per heavy atom. The van der Waals surface area contributed by atoms with E-state index >= 15 is 0 Å². The van der Waals surface area contributed by atoms with Crippen LogP contribution in [0.2, 0.25) is 39.3 Å². The number of hydrogen-bond donors (Lipinski definition) is 0. The third-order valence-corrected chi connectivity index (χ3v) is 10.6. The van der Waals surface area contributed by atoms with Crippen LogP contribution in [0.1, 0.15) is 93.6 Å². The van der Waals surface area contributed by atoms with Gasteiger partial charge in [0.25, 0.3) is 5.60 Å². The molecule has 0 N–H and O–H groups in total. The minimum absolute atomic E-state index is 0.0358. The van der Waals surface area contributed by atoms with Crippen molar-refractivity contribution >= 4 is 22.4 Å². The number of carbonyl (C=O) groups is 1. The van der Waals surface area contributed by atoms with Crippen molar-refractivity contribution in [3.8, 4) is 0 Å². The van der Waals surface area contributed by atoms with E-state index in [-0.39, 0.29) is 43.0 Å². The van der Waals surface area contributed by atoms with Gasteiger partial charge in [0, 0.05) is 20.6 Å². The van der Waals surface area contributed by atoms with Crippen LogP contribution in [0.3, 0.4) is 0 Å². The first kappa shape index (κ1) is 27.9. The smallest absolute Gasteiger partial charge is 0.413 e. The molecule has 0 aromatic heterocycles. The Bertz CT molecular complexity index is 1120. The Hall–Kier alpha value is -0.656. The lowest BCUT2D eigenvalue weighted by atomic mass is 9.56. The fourth-order valence-electron chi connectivity index (χ4n) is 7.29. The first-order chi connectivity index (χ1) is 20.7. The van der Waals surface area contributed by atoms with Crippen LogP contribution in [0.15, 0.2) is 12.2 Å². The molecule has 0 heterocycles. The number of rotatable bonds is 12. The van der Waals surface area contributed by atoms with Gasteiger partial charge in [0.05, 0.1) is 5.60 Å². The second-order valence-corrected chi connectivity index (χ2v) is 23.5. The molecule has 2 fully saturated rings. The highest BCUT2D eigenvalue weighted by molar-refractivity contribution is 6.70. The maximum atomic E-state index is 14.3. The molecule has 3 nitrogen and oxygen atoms in total. The molecule has 0 aromatic carbocycles. The molecule has 2 saturated carbocycles. The molecule has 11 heteroatoms. The van der Waals surface area contributed by atoms with Gasteiger partial charge >= 0.3 is 12.4 Å². The number of fused-ring (bicyclic) bond motifs is 1. The Labute approximate surface area is 253 Å². The van der Waals surface area contributed by atoms with E-state index in [1.165, 1.54) is 19.6 Å². The van der Waals surface area contributed by atoms with Gasteiger partial charge in [0.1, 0.15) is 5.78 Å². The van der Waals surface area contributed by atoms with E-state index in [9.17, 15) is 31.1 Å². The molecule has 0 bridgehead atoms. The van der Waals surface area contributed by atoms with Crippen LogP contribution in [-0.2, 0) is 13.6 Å². The lowest BCUT2D eigenvalue weighted by molar-refractivity contribution is -0.340. The van der Waals surface area contributed by atoms with Crippen molar-refractivity contribution < 1.29 is 48.2 Å². The van der Waals surface area contributed by atoms with Gasteiger partial charge in [-0.25, -0.2) is 0 Å². The highest BCUT2D eigenvalue weighted by Gasteiger charge is 2.71. The average Bonchev–Trinajstić information content (AvgIpc) is 3.17. The van der Waals surface area contributed by atoms with Gasteiger partial charge in [-0.1, -0.05) is 26.3 Å². The Balaban J connectivity index is 2.65. The summed E-state index contributed by atoms with van der Waals surface area (Å²) in [5.74, 6) is -0.530. The fourth-order valence-corrected chi connectivity index (χ4v) is 9.70. The largest absolute Gasteiger partial charge is 0.429 e. The molecule has 2 rings (SSSR count). The van der Waals surface area contributed by atoms with Crippen LogP contribution in [0.25, 0.3) is 0 Å². The summed E-state index contributed by atoms with van der Waals surface area (Å²) in [7, 11) is -6.19. The van der Waals surface area contributed by atoms with Crippen molar-refractivity contribution in [3.05, 3.63) is 12.2 Å². The molecule has 2 aliphatic carbocycles. The third-order valence-electron chi connectivity index (χ3n) is 8.71. The predicted octanol–water partition coefficient (Wildman–Crippen LogP) is 10.2. The van der Waals surface area contributed by atoms with Crippen LogP contribution >= 0.6 is 0 Å². The van der Waals surface area contributed by atoms with Crippen molar-refractivity contribution in [2.24, 2.45) is 22.7 Å². The highest BCUT2D eigenvalue weighted by Crippen LogP contribution is 2.62. The first-order valence-corrected chi connectivity index (χ1v) is 21.2. The van der Waals surface area contributed by atoms with Gasteiger partial charge in [0.2, 0.25) is 0 Å². The molecule has 0 unspecified atom stereocenters. The number of ketones is 1. The van der Waals surface area contributed by atoms with Crippen molar-refractivity contribution in [1.82, 2.24) is 0 Å². The SMILES string of the molecule is [2H]C([2H])([2H])C(CCC[C@](C)(C/C=C\C(O[Si](C)(C)C)(C(F)(F)F)C(F)(F)F)[C@H]1CC[C@H]2C(=O)CCC[C@]12C)(O[Si](C)(C)C)C([2H])([2H])[2H]. The van der Waals surface area contributed by atoms with Crippen LogP contribution in [0.5, 0.6) is 0 Å². The van der Waals surface area contributed by atoms with E-state index in [0.717, 1.165) is 6.08 Å². The molecule has 240 valence electrons. The molecule has 4 atom stereocenters. The topological polar surface area (TPSA) is 35.5 Å². The zero-order chi connectivity index (χ0) is 36.9. The first-order valence-electron chi connectivity index (χ1n) is 17.4. The van der Waals surface area contributed by atoms with Crippen molar-refractivity contribution in [2.75, 3.05) is 0 Å². The molecule has 0 saturated heterocycles. The summed E-state index contributed by atoms with van der Waals surface area (Å²) >= 11 is 0. The average molecular weight is 637 g/mol. The van der Waals surface area contributed by atoms with Crippen molar-refractivity contribution in [1.29, 1.82) is 0 Å². The molecule has 0 aromatic rings. The summed E-state index contributed by atoms with van der Waals surface area (Å²) in [4.78, 5) is 12.9. The zero-order valence-corrected chi connectivity index (χ0v) is 27.7. The van der Waals surface area contributed by atoms with E-state index in [0.29, 0.717) is 32.1 Å². The minimum Gasteiger partial charge on any atom is -0.413 e. The zero-order valence-electron chi connectivity index (χ0n) is 31.7. The summed E-state index contributed by atoms with van der Waals surface area (Å²) in [6.45, 7) is 6.30. The van der Waals surface area contributed by atoms with E-state index < -0.39 is 71.1 Å². The maximum absolute atomic E-state index is 14.3. The molecular weight excluding hydrogens is 578 g/mol. The lowest BCUT2D eigenvalue weighted by Crippen LogP contribution is -2.61. The Morgan fingerprint density at radius 2 is 1.51 bits per heavy atom. The number of hydrogen-bond acceptors (Lipinski definition) is 3. The highest BCUT2D eigenvalue weighted by atomic mass is 28.4. The van der Waals surface area contributed by atoms with Crippen LogP contribution in [0.4, 0.5) is 26.3 Å². The van der Waals surface area contributed by atoms with Crippen molar-refractivity contribution in [3.63, 3.8) is 0 Å². The van der Waals surface area contributed by atoms with Gasteiger partial charge in [-0.15, -0.1) is 0 Å². The van der Waals surface area contributed by atoms with E-state index in [1.807, 2.05) is 6.92 Å². The monoisotopic (exact) mass is 636 g/mol. The number of halogens is 6. The normalized spacial score (nSPS) is 29.7. The van der Waals surface area contributed by atoms with E-state index in [2.05, 4.69) is 0 Å². The van der Waals surface area contributed by atoms with Crippen LogP contribution < -0.4 is 0 Å². The number of alkyl halides is 6. The second kappa shape index (κ2) is 12.0. The summed E-state index contributed by atoms with van der Waals surface area (Å²) in [5, 5.41) is 0. The molecule has 0 aliphatic heterocycles. The van der Waals surface area contributed by atoms with Crippen LogP contribution in [-0.4, -0.2) is 46.0 Å². The number of carbonyl (C=O) groups excluding carboxylic acids is 1. The van der Waals surface area contributed by atoms with Gasteiger partial charge in [0.15, 0.2) is 16.6 Å². The molecule has 41 heavy (non-hydrogen) atoms. The van der Waals surface area contributed by atoms with Gasteiger partial charge in [-0.2, -0.15) is 26.3 Å². The number of Topliss-reactive ketones (excluding diaryl/α,β-unsaturated/α-hetero) is 1. The quantitative estimate of drug-likeness (QED) is 0.121. The Kier molecular flexibility index (Phi) is 8.17. The van der Waals surface area contributed by atoms with Gasteiger partial charge in [-0.05, 0) is 121 Å². The summed E-state index contributed by atoms with van der Waals surface area (Å²) in [5.41, 5.74) is -8.64. The minimum atomic E-state index is -5.81. The molecule has 0 amide bonds. The van der Waals surface area contributed by atoms with Gasteiger partial charge < -0.3 is 8.85 Å². The number of allylic oxidation sites excluding steroid dienone is 1. The summed E-state index contributed by atoms with van der Waals surface area (Å²) in [6.07, 6.45) is -8.65.